The summed E-state index contributed by atoms with van der Waals surface area (Å²) in [5, 5.41) is 27.6. The van der Waals surface area contributed by atoms with Crippen molar-refractivity contribution in [3.63, 3.8) is 0 Å². The molecule has 31 heavy (non-hydrogen) atoms. The molecule has 0 aliphatic carbocycles. The molecule has 0 aliphatic rings. The number of hydrogen-bond acceptors (Lipinski definition) is 8. The van der Waals surface area contributed by atoms with Crippen LogP contribution in [0, 0.1) is 18.3 Å². The highest BCUT2D eigenvalue weighted by Crippen LogP contribution is 2.32. The van der Waals surface area contributed by atoms with Crippen LogP contribution in [-0.2, 0) is 28.0 Å². The molecule has 3 aromatic rings. The zero-order valence-electron chi connectivity index (χ0n) is 16.7. The average molecular weight is 438 g/mol. The van der Waals surface area contributed by atoms with E-state index in [0.29, 0.717) is 11.3 Å². The summed E-state index contributed by atoms with van der Waals surface area (Å²) in [4.78, 5) is 12.1. The van der Waals surface area contributed by atoms with Gasteiger partial charge >= 0.3 is 0 Å². The van der Waals surface area contributed by atoms with Gasteiger partial charge in [-0.1, -0.05) is 36.4 Å². The zero-order chi connectivity index (χ0) is 22.6. The Labute approximate surface area is 178 Å². The number of benzene rings is 2. The number of aromatic hydroxyl groups is 1. The fraction of sp³-hybridized carbons (Fsp3) is 0.143. The number of nitriles is 1. The van der Waals surface area contributed by atoms with Crippen LogP contribution in [0.15, 0.2) is 74.5 Å². The lowest BCUT2D eigenvalue weighted by molar-refractivity contribution is 0.308. The van der Waals surface area contributed by atoms with Crippen LogP contribution in [0.1, 0.15) is 16.7 Å². The van der Waals surface area contributed by atoms with Gasteiger partial charge in [-0.3, -0.25) is 13.5 Å². The van der Waals surface area contributed by atoms with Crippen molar-refractivity contribution in [1.29, 1.82) is 5.26 Å². The van der Waals surface area contributed by atoms with E-state index in [0.717, 1.165) is 4.57 Å². The van der Waals surface area contributed by atoms with E-state index in [1.807, 2.05) is 0 Å². The van der Waals surface area contributed by atoms with Crippen LogP contribution in [0.3, 0.4) is 0 Å². The Bertz CT molecular complexity index is 1360. The van der Waals surface area contributed by atoms with E-state index in [1.54, 1.807) is 48.5 Å². The Morgan fingerprint density at radius 1 is 1.10 bits per heavy atom. The van der Waals surface area contributed by atoms with Gasteiger partial charge in [-0.15, -0.1) is 10.2 Å². The summed E-state index contributed by atoms with van der Waals surface area (Å²) in [6.07, 6.45) is 0. The molecule has 1 aromatic heterocycles. The van der Waals surface area contributed by atoms with Crippen molar-refractivity contribution in [2.45, 2.75) is 18.4 Å². The van der Waals surface area contributed by atoms with Crippen LogP contribution in [0.25, 0.3) is 0 Å². The predicted molar refractivity (Wildman–Crippen MR) is 112 cm³/mol. The van der Waals surface area contributed by atoms with Crippen LogP contribution >= 0.6 is 0 Å². The second kappa shape index (κ2) is 8.91. The van der Waals surface area contributed by atoms with Crippen molar-refractivity contribution in [2.75, 3.05) is 0 Å². The minimum atomic E-state index is -3.96. The molecule has 0 amide bonds. The zero-order valence-corrected chi connectivity index (χ0v) is 17.5. The van der Waals surface area contributed by atoms with E-state index in [2.05, 4.69) is 10.2 Å². The number of azo groups is 1. The van der Waals surface area contributed by atoms with Gasteiger partial charge in [0, 0.05) is 18.2 Å². The van der Waals surface area contributed by atoms with Crippen molar-refractivity contribution in [2.24, 2.45) is 17.3 Å². The number of aromatic nitrogens is 1. The maximum atomic E-state index is 12.4. The van der Waals surface area contributed by atoms with E-state index < -0.39 is 21.6 Å². The summed E-state index contributed by atoms with van der Waals surface area (Å²) >= 11 is 0. The molecule has 0 spiro atoms. The second-order valence-electron chi connectivity index (χ2n) is 6.51. The third kappa shape index (κ3) is 4.53. The van der Waals surface area contributed by atoms with Crippen molar-refractivity contribution < 1.29 is 17.7 Å². The largest absolute Gasteiger partial charge is 0.493 e. The molecule has 1 heterocycles. The molecule has 2 aromatic carbocycles. The molecule has 0 unspecified atom stereocenters. The fourth-order valence-corrected chi connectivity index (χ4v) is 3.66. The standard InChI is InChI=1S/C21H18N4O5S/c1-14-17(12-22)20(26)25(2)21(27)19(14)24-23-18-11-7-6-8-15(18)13-30-31(28,29)16-9-4-3-5-10-16/h3-11,27H,13H2,1-2H3. The van der Waals surface area contributed by atoms with Gasteiger partial charge < -0.3 is 5.11 Å². The van der Waals surface area contributed by atoms with Gasteiger partial charge in [0.25, 0.3) is 15.7 Å². The minimum Gasteiger partial charge on any atom is -0.493 e. The first-order valence-corrected chi connectivity index (χ1v) is 10.4. The number of hydrogen-bond donors (Lipinski definition) is 1. The Hall–Kier alpha value is -3.81. The van der Waals surface area contributed by atoms with Crippen molar-refractivity contribution in [3.05, 3.63) is 81.6 Å². The van der Waals surface area contributed by atoms with E-state index in [9.17, 15) is 23.6 Å². The Morgan fingerprint density at radius 2 is 1.74 bits per heavy atom. The molecule has 0 radical (unpaired) electrons. The highest BCUT2D eigenvalue weighted by atomic mass is 32.2. The van der Waals surface area contributed by atoms with Crippen molar-refractivity contribution in [1.82, 2.24) is 4.57 Å². The molecule has 1 N–H and O–H groups in total. The maximum absolute atomic E-state index is 12.4. The highest BCUT2D eigenvalue weighted by Gasteiger charge is 2.18. The lowest BCUT2D eigenvalue weighted by atomic mass is 10.1. The molecule has 0 bridgehead atoms. The summed E-state index contributed by atoms with van der Waals surface area (Å²) < 4.78 is 30.8. The first-order valence-electron chi connectivity index (χ1n) is 9.03. The topological polar surface area (TPSA) is 134 Å². The predicted octanol–water partition coefficient (Wildman–Crippen LogP) is 3.59. The number of pyridine rings is 1. The quantitative estimate of drug-likeness (QED) is 0.462. The fourth-order valence-electron chi connectivity index (χ4n) is 2.75. The Morgan fingerprint density at radius 3 is 2.42 bits per heavy atom. The molecular formula is C21H18N4O5S. The summed E-state index contributed by atoms with van der Waals surface area (Å²) in [7, 11) is -2.65. The summed E-state index contributed by atoms with van der Waals surface area (Å²) in [6.45, 7) is 1.20. The van der Waals surface area contributed by atoms with Gasteiger partial charge in [-0.05, 0) is 25.1 Å². The smallest absolute Gasteiger partial charge is 0.297 e. The van der Waals surface area contributed by atoms with Crippen LogP contribution in [0.4, 0.5) is 11.4 Å². The lowest BCUT2D eigenvalue weighted by Gasteiger charge is -2.09. The molecule has 0 saturated carbocycles. The third-order valence-electron chi connectivity index (χ3n) is 4.54. The van der Waals surface area contributed by atoms with Crippen molar-refractivity contribution in [3.8, 4) is 11.9 Å². The van der Waals surface area contributed by atoms with E-state index in [1.165, 1.54) is 26.1 Å². The molecule has 0 saturated heterocycles. The van der Waals surface area contributed by atoms with Crippen molar-refractivity contribution >= 4 is 21.5 Å². The number of rotatable bonds is 6. The third-order valence-corrected chi connectivity index (χ3v) is 5.82. The van der Waals surface area contributed by atoms with Crippen LogP contribution < -0.4 is 5.56 Å². The second-order valence-corrected chi connectivity index (χ2v) is 8.12. The van der Waals surface area contributed by atoms with Gasteiger partial charge in [0.1, 0.15) is 11.6 Å². The summed E-state index contributed by atoms with van der Waals surface area (Å²) in [5.74, 6) is -0.439. The van der Waals surface area contributed by atoms with Crippen LogP contribution in [0.2, 0.25) is 0 Å². The summed E-state index contributed by atoms with van der Waals surface area (Å²) in [6, 6.07) is 16.1. The van der Waals surface area contributed by atoms with Gasteiger partial charge in [-0.25, -0.2) is 0 Å². The molecule has 0 atom stereocenters. The Balaban J connectivity index is 1.92. The molecule has 0 aliphatic heterocycles. The first-order chi connectivity index (χ1) is 14.8. The van der Waals surface area contributed by atoms with Crippen LogP contribution in [-0.4, -0.2) is 18.1 Å². The molecule has 0 fully saturated rings. The minimum absolute atomic E-state index is 0.0314. The molecule has 158 valence electrons. The molecular weight excluding hydrogens is 420 g/mol. The molecule has 3 rings (SSSR count). The molecule has 9 nitrogen and oxygen atoms in total. The number of nitrogens with zero attached hydrogens (tertiary/aromatic N) is 4. The van der Waals surface area contributed by atoms with E-state index >= 15 is 0 Å². The monoisotopic (exact) mass is 438 g/mol. The lowest BCUT2D eigenvalue weighted by Crippen LogP contribution is -2.20. The summed E-state index contributed by atoms with van der Waals surface area (Å²) in [5.41, 5.74) is 0.0971. The normalized spacial score (nSPS) is 11.5. The van der Waals surface area contributed by atoms with Gasteiger partial charge in [0.2, 0.25) is 5.88 Å². The Kier molecular flexibility index (Phi) is 6.29. The molecule has 10 heteroatoms. The SMILES string of the molecule is Cc1c(N=Nc2ccccc2COS(=O)(=O)c2ccccc2)c(O)n(C)c(=O)c1C#N. The average Bonchev–Trinajstić information content (AvgIpc) is 2.78. The first kappa shape index (κ1) is 21.9. The van der Waals surface area contributed by atoms with Gasteiger partial charge in [-0.2, -0.15) is 13.7 Å². The maximum Gasteiger partial charge on any atom is 0.297 e. The van der Waals surface area contributed by atoms with E-state index in [-0.39, 0.29) is 28.3 Å². The van der Waals surface area contributed by atoms with Crippen LogP contribution in [0.5, 0.6) is 5.88 Å². The van der Waals surface area contributed by atoms with Gasteiger partial charge in [0.15, 0.2) is 5.69 Å². The highest BCUT2D eigenvalue weighted by molar-refractivity contribution is 7.86. The van der Waals surface area contributed by atoms with E-state index in [4.69, 9.17) is 4.18 Å². The van der Waals surface area contributed by atoms with Gasteiger partial charge in [0.05, 0.1) is 17.2 Å².